The zero-order valence-corrected chi connectivity index (χ0v) is 13.2. The summed E-state index contributed by atoms with van der Waals surface area (Å²) in [6.07, 6.45) is 3.18. The topological polar surface area (TPSA) is 21.3 Å². The molecular weight excluding hydrogens is 253 g/mol. The molecule has 114 valence electrons. The van der Waals surface area contributed by atoms with E-state index in [1.54, 1.807) is 12.1 Å². The first-order chi connectivity index (χ1) is 9.62. The summed E-state index contributed by atoms with van der Waals surface area (Å²) in [5.41, 5.74) is 1.94. The standard InChI is InChI=1S/C17H28FNO/c1-5-8-16(20-7-3)17(19-9-6-2)14-10-13(4)11-15(18)12-14/h10-12,16-17,19H,5-9H2,1-4H3. The van der Waals surface area contributed by atoms with Gasteiger partial charge in [-0.05, 0) is 56.5 Å². The maximum atomic E-state index is 13.7. The number of aryl methyl sites for hydroxylation is 1. The van der Waals surface area contributed by atoms with Gasteiger partial charge in [0.15, 0.2) is 0 Å². The first-order valence-electron chi connectivity index (χ1n) is 7.74. The molecule has 0 radical (unpaired) electrons. The molecule has 0 heterocycles. The molecule has 1 aromatic rings. The third-order valence-electron chi connectivity index (χ3n) is 3.36. The van der Waals surface area contributed by atoms with Gasteiger partial charge < -0.3 is 10.1 Å². The SMILES string of the molecule is CCCNC(c1cc(C)cc(F)c1)C(CCC)OCC. The van der Waals surface area contributed by atoms with Crippen molar-refractivity contribution < 1.29 is 9.13 Å². The van der Waals surface area contributed by atoms with E-state index in [9.17, 15) is 4.39 Å². The molecule has 3 heteroatoms. The molecule has 0 saturated heterocycles. The first kappa shape index (κ1) is 17.1. The van der Waals surface area contributed by atoms with E-state index in [1.807, 2.05) is 13.8 Å². The molecule has 2 unspecified atom stereocenters. The Kier molecular flexibility index (Phi) is 7.78. The van der Waals surface area contributed by atoms with E-state index < -0.39 is 0 Å². The van der Waals surface area contributed by atoms with E-state index in [1.165, 1.54) is 0 Å². The second-order valence-corrected chi connectivity index (χ2v) is 5.28. The van der Waals surface area contributed by atoms with Crippen molar-refractivity contribution in [1.82, 2.24) is 5.32 Å². The molecule has 0 saturated carbocycles. The molecule has 1 N–H and O–H groups in total. The number of hydrogen-bond donors (Lipinski definition) is 1. The van der Waals surface area contributed by atoms with E-state index >= 15 is 0 Å². The van der Waals surface area contributed by atoms with Crippen molar-refractivity contribution in [3.63, 3.8) is 0 Å². The lowest BCUT2D eigenvalue weighted by molar-refractivity contribution is 0.0275. The van der Waals surface area contributed by atoms with Gasteiger partial charge in [0.2, 0.25) is 0 Å². The van der Waals surface area contributed by atoms with Crippen LogP contribution in [0.15, 0.2) is 18.2 Å². The first-order valence-corrected chi connectivity index (χ1v) is 7.74. The second-order valence-electron chi connectivity index (χ2n) is 5.28. The quantitative estimate of drug-likeness (QED) is 0.725. The van der Waals surface area contributed by atoms with E-state index in [0.29, 0.717) is 6.61 Å². The molecule has 2 nitrogen and oxygen atoms in total. The third kappa shape index (κ3) is 5.22. The van der Waals surface area contributed by atoms with Gasteiger partial charge >= 0.3 is 0 Å². The molecule has 2 atom stereocenters. The van der Waals surface area contributed by atoms with Gasteiger partial charge in [0, 0.05) is 6.61 Å². The third-order valence-corrected chi connectivity index (χ3v) is 3.36. The van der Waals surface area contributed by atoms with Crippen LogP contribution in [-0.2, 0) is 4.74 Å². The Morgan fingerprint density at radius 1 is 1.15 bits per heavy atom. The summed E-state index contributed by atoms with van der Waals surface area (Å²) in [6, 6.07) is 5.31. The number of ether oxygens (including phenoxy) is 1. The van der Waals surface area contributed by atoms with E-state index in [4.69, 9.17) is 4.74 Å². The number of rotatable bonds is 9. The molecule has 0 aliphatic carbocycles. The van der Waals surface area contributed by atoms with Gasteiger partial charge in [0.05, 0.1) is 12.1 Å². The summed E-state index contributed by atoms with van der Waals surface area (Å²) in [4.78, 5) is 0. The van der Waals surface area contributed by atoms with Crippen LogP contribution < -0.4 is 5.32 Å². The smallest absolute Gasteiger partial charge is 0.123 e. The lowest BCUT2D eigenvalue weighted by Gasteiger charge is -2.28. The fraction of sp³-hybridized carbons (Fsp3) is 0.647. The minimum absolute atomic E-state index is 0.0595. The maximum Gasteiger partial charge on any atom is 0.123 e. The highest BCUT2D eigenvalue weighted by molar-refractivity contribution is 5.27. The van der Waals surface area contributed by atoms with Crippen LogP contribution in [0.2, 0.25) is 0 Å². The molecule has 1 aromatic carbocycles. The molecule has 0 aliphatic heterocycles. The van der Waals surface area contributed by atoms with Crippen molar-refractivity contribution in [2.45, 2.75) is 59.1 Å². The minimum atomic E-state index is -0.171. The largest absolute Gasteiger partial charge is 0.377 e. The van der Waals surface area contributed by atoms with Crippen LogP contribution >= 0.6 is 0 Å². The highest BCUT2D eigenvalue weighted by atomic mass is 19.1. The molecule has 1 rings (SSSR count). The molecule has 0 amide bonds. The second kappa shape index (κ2) is 9.09. The van der Waals surface area contributed by atoms with Crippen molar-refractivity contribution >= 4 is 0 Å². The van der Waals surface area contributed by atoms with Crippen LogP contribution in [0.4, 0.5) is 4.39 Å². The van der Waals surface area contributed by atoms with Crippen molar-refractivity contribution in [1.29, 1.82) is 0 Å². The number of halogens is 1. The van der Waals surface area contributed by atoms with Crippen molar-refractivity contribution in [2.75, 3.05) is 13.2 Å². The van der Waals surface area contributed by atoms with Crippen LogP contribution in [0.3, 0.4) is 0 Å². The molecule has 0 fully saturated rings. The summed E-state index contributed by atoms with van der Waals surface area (Å²) >= 11 is 0. The van der Waals surface area contributed by atoms with Crippen LogP contribution in [0, 0.1) is 12.7 Å². The highest BCUT2D eigenvalue weighted by Crippen LogP contribution is 2.24. The maximum absolute atomic E-state index is 13.7. The molecule has 0 aliphatic rings. The van der Waals surface area contributed by atoms with E-state index in [2.05, 4.69) is 25.2 Å². The van der Waals surface area contributed by atoms with Gasteiger partial charge in [0.25, 0.3) is 0 Å². The van der Waals surface area contributed by atoms with Crippen molar-refractivity contribution in [3.05, 3.63) is 35.1 Å². The summed E-state index contributed by atoms with van der Waals surface area (Å²) in [7, 11) is 0. The summed E-state index contributed by atoms with van der Waals surface area (Å²) in [5, 5.41) is 3.52. The molecule has 0 aromatic heterocycles. The predicted molar refractivity (Wildman–Crippen MR) is 82.5 cm³/mol. The number of benzene rings is 1. The fourth-order valence-electron chi connectivity index (χ4n) is 2.55. The van der Waals surface area contributed by atoms with Crippen molar-refractivity contribution in [2.24, 2.45) is 0 Å². The zero-order chi connectivity index (χ0) is 15.0. The number of hydrogen-bond acceptors (Lipinski definition) is 2. The summed E-state index contributed by atoms with van der Waals surface area (Å²) in [5.74, 6) is -0.171. The summed E-state index contributed by atoms with van der Waals surface area (Å²) < 4.78 is 19.6. The van der Waals surface area contributed by atoms with Gasteiger partial charge in [-0.3, -0.25) is 0 Å². The van der Waals surface area contributed by atoms with Gasteiger partial charge in [-0.15, -0.1) is 0 Å². The van der Waals surface area contributed by atoms with Gasteiger partial charge in [-0.2, -0.15) is 0 Å². The fourth-order valence-corrected chi connectivity index (χ4v) is 2.55. The molecule has 20 heavy (non-hydrogen) atoms. The Balaban J connectivity index is 3.01. The lowest BCUT2D eigenvalue weighted by Crippen LogP contribution is -2.34. The monoisotopic (exact) mass is 281 g/mol. The van der Waals surface area contributed by atoms with Crippen LogP contribution in [0.5, 0.6) is 0 Å². The Hall–Kier alpha value is -0.930. The Morgan fingerprint density at radius 3 is 2.45 bits per heavy atom. The van der Waals surface area contributed by atoms with Crippen molar-refractivity contribution in [3.8, 4) is 0 Å². The Bertz CT molecular complexity index is 368. The summed E-state index contributed by atoms with van der Waals surface area (Å²) in [6.45, 7) is 9.82. The normalized spacial score (nSPS) is 14.2. The lowest BCUT2D eigenvalue weighted by atomic mass is 9.96. The molecule has 0 spiro atoms. The predicted octanol–water partition coefficient (Wildman–Crippen LogP) is 4.38. The van der Waals surface area contributed by atoms with Gasteiger partial charge in [-0.25, -0.2) is 4.39 Å². The van der Waals surface area contributed by atoms with Crippen LogP contribution in [0.1, 0.15) is 57.2 Å². The van der Waals surface area contributed by atoms with E-state index in [0.717, 1.165) is 36.9 Å². The number of nitrogens with one attached hydrogen (secondary N) is 1. The average Bonchev–Trinajstić information content (AvgIpc) is 2.38. The van der Waals surface area contributed by atoms with Crippen LogP contribution in [0.25, 0.3) is 0 Å². The van der Waals surface area contributed by atoms with E-state index in [-0.39, 0.29) is 18.0 Å². The van der Waals surface area contributed by atoms with Gasteiger partial charge in [-0.1, -0.05) is 26.3 Å². The van der Waals surface area contributed by atoms with Crippen LogP contribution in [-0.4, -0.2) is 19.3 Å². The highest BCUT2D eigenvalue weighted by Gasteiger charge is 2.23. The minimum Gasteiger partial charge on any atom is -0.377 e. The average molecular weight is 281 g/mol. The van der Waals surface area contributed by atoms with Gasteiger partial charge in [0.1, 0.15) is 5.82 Å². The Labute approximate surface area is 122 Å². The molecular formula is C17H28FNO. The molecule has 0 bridgehead atoms. The zero-order valence-electron chi connectivity index (χ0n) is 13.2. The Morgan fingerprint density at radius 2 is 1.90 bits per heavy atom.